The molecule has 4 nitrogen and oxygen atoms in total. The Kier molecular flexibility index (Phi) is 2.33. The summed E-state index contributed by atoms with van der Waals surface area (Å²) in [4.78, 5) is 8.91. The van der Waals surface area contributed by atoms with Crippen LogP contribution in [0.2, 0.25) is 0 Å². The molecule has 0 spiro atoms. The largest absolute Gasteiger partial charge is 0.339 e. The predicted molar refractivity (Wildman–Crippen MR) is 70.8 cm³/mol. The van der Waals surface area contributed by atoms with Crippen LogP contribution in [0.5, 0.6) is 0 Å². The van der Waals surface area contributed by atoms with Gasteiger partial charge in [-0.1, -0.05) is 29.4 Å². The number of hydrogen-bond donors (Lipinski definition) is 0. The Morgan fingerprint density at radius 1 is 1.16 bits per heavy atom. The van der Waals surface area contributed by atoms with Crippen molar-refractivity contribution in [2.24, 2.45) is 0 Å². The Bertz CT molecular complexity index is 726. The van der Waals surface area contributed by atoms with Crippen LogP contribution in [0.4, 0.5) is 0 Å². The SMILES string of the molecule is c1cnc2c(Cc3nc(C4CC4)no3)cccc2c1. The standard InChI is InChI=1S/C15H13N3O/c1-3-10-5-2-8-16-14(10)12(4-1)9-13-17-15(18-19-13)11-6-7-11/h1-5,8,11H,6-7,9H2. The van der Waals surface area contributed by atoms with E-state index in [0.717, 1.165) is 22.3 Å². The van der Waals surface area contributed by atoms with Crippen LogP contribution in [0.15, 0.2) is 41.1 Å². The van der Waals surface area contributed by atoms with Gasteiger partial charge in [0.1, 0.15) is 0 Å². The third-order valence-electron chi connectivity index (χ3n) is 3.48. The third-order valence-corrected chi connectivity index (χ3v) is 3.48. The lowest BCUT2D eigenvalue weighted by Crippen LogP contribution is -1.92. The monoisotopic (exact) mass is 251 g/mol. The summed E-state index contributed by atoms with van der Waals surface area (Å²) in [5.74, 6) is 2.08. The molecule has 1 aliphatic carbocycles. The van der Waals surface area contributed by atoms with Crippen LogP contribution < -0.4 is 0 Å². The fourth-order valence-electron chi connectivity index (χ4n) is 2.32. The molecule has 94 valence electrons. The van der Waals surface area contributed by atoms with Crippen LogP contribution in [0.3, 0.4) is 0 Å². The summed E-state index contributed by atoms with van der Waals surface area (Å²) < 4.78 is 5.33. The highest BCUT2D eigenvalue weighted by Crippen LogP contribution is 2.38. The van der Waals surface area contributed by atoms with Crippen LogP contribution in [0.1, 0.15) is 36.0 Å². The average molecular weight is 251 g/mol. The van der Waals surface area contributed by atoms with E-state index >= 15 is 0 Å². The zero-order chi connectivity index (χ0) is 12.7. The molecule has 0 saturated heterocycles. The first-order chi connectivity index (χ1) is 9.40. The number of para-hydroxylation sites is 1. The van der Waals surface area contributed by atoms with E-state index in [1.54, 1.807) is 0 Å². The van der Waals surface area contributed by atoms with Gasteiger partial charge < -0.3 is 4.52 Å². The Hall–Kier alpha value is -2.23. The molecule has 0 atom stereocenters. The molecule has 1 aromatic carbocycles. The lowest BCUT2D eigenvalue weighted by atomic mass is 10.1. The summed E-state index contributed by atoms with van der Waals surface area (Å²) in [7, 11) is 0. The number of benzene rings is 1. The summed E-state index contributed by atoms with van der Waals surface area (Å²) in [5.41, 5.74) is 2.14. The number of fused-ring (bicyclic) bond motifs is 1. The number of nitrogens with zero attached hydrogens (tertiary/aromatic N) is 3. The third kappa shape index (κ3) is 1.99. The van der Waals surface area contributed by atoms with Crippen molar-refractivity contribution in [3.63, 3.8) is 0 Å². The van der Waals surface area contributed by atoms with Gasteiger partial charge in [0.25, 0.3) is 0 Å². The van der Waals surface area contributed by atoms with E-state index in [2.05, 4.69) is 33.3 Å². The minimum absolute atomic E-state index is 0.531. The summed E-state index contributed by atoms with van der Waals surface area (Å²) in [5, 5.41) is 5.19. The van der Waals surface area contributed by atoms with Crippen LogP contribution in [0.25, 0.3) is 10.9 Å². The molecule has 0 bridgehead atoms. The summed E-state index contributed by atoms with van der Waals surface area (Å²) in [6.45, 7) is 0. The van der Waals surface area contributed by atoms with Crippen LogP contribution in [-0.4, -0.2) is 15.1 Å². The van der Waals surface area contributed by atoms with Crippen molar-refractivity contribution < 1.29 is 4.52 Å². The molecule has 1 saturated carbocycles. The zero-order valence-electron chi connectivity index (χ0n) is 10.4. The molecule has 2 heterocycles. The molecular formula is C15H13N3O. The Balaban J connectivity index is 1.69. The molecule has 1 fully saturated rings. The first kappa shape index (κ1) is 10.7. The molecule has 1 aliphatic rings. The topological polar surface area (TPSA) is 51.8 Å². The maximum absolute atomic E-state index is 5.33. The Morgan fingerprint density at radius 3 is 2.95 bits per heavy atom. The van der Waals surface area contributed by atoms with Gasteiger partial charge in [0, 0.05) is 17.5 Å². The van der Waals surface area contributed by atoms with Gasteiger partial charge in [-0.2, -0.15) is 4.98 Å². The first-order valence-corrected chi connectivity index (χ1v) is 6.55. The van der Waals surface area contributed by atoms with E-state index in [4.69, 9.17) is 4.52 Å². The van der Waals surface area contributed by atoms with Crippen molar-refractivity contribution in [1.29, 1.82) is 0 Å². The second-order valence-electron chi connectivity index (χ2n) is 4.99. The number of hydrogen-bond acceptors (Lipinski definition) is 4. The average Bonchev–Trinajstić information content (AvgIpc) is 3.20. The summed E-state index contributed by atoms with van der Waals surface area (Å²) in [6, 6.07) is 10.2. The minimum atomic E-state index is 0.531. The molecule has 2 aromatic heterocycles. The van der Waals surface area contributed by atoms with Crippen molar-refractivity contribution in [3.8, 4) is 0 Å². The van der Waals surface area contributed by atoms with Gasteiger partial charge in [-0.05, 0) is 24.5 Å². The van der Waals surface area contributed by atoms with Gasteiger partial charge in [-0.15, -0.1) is 0 Å². The van der Waals surface area contributed by atoms with Crippen molar-refractivity contribution in [2.75, 3.05) is 0 Å². The van der Waals surface area contributed by atoms with Crippen molar-refractivity contribution >= 4 is 10.9 Å². The predicted octanol–water partition coefficient (Wildman–Crippen LogP) is 3.09. The normalized spacial score (nSPS) is 14.9. The van der Waals surface area contributed by atoms with Gasteiger partial charge in [0.2, 0.25) is 5.89 Å². The van der Waals surface area contributed by atoms with E-state index < -0.39 is 0 Å². The molecule has 0 amide bonds. The first-order valence-electron chi connectivity index (χ1n) is 6.55. The maximum atomic E-state index is 5.33. The minimum Gasteiger partial charge on any atom is -0.339 e. The lowest BCUT2D eigenvalue weighted by molar-refractivity contribution is 0.379. The molecule has 0 unspecified atom stereocenters. The molecule has 4 heteroatoms. The van der Waals surface area contributed by atoms with Gasteiger partial charge in [0.15, 0.2) is 5.82 Å². The van der Waals surface area contributed by atoms with Crippen molar-refractivity contribution in [3.05, 3.63) is 53.8 Å². The molecule has 0 radical (unpaired) electrons. The van der Waals surface area contributed by atoms with Crippen molar-refractivity contribution in [1.82, 2.24) is 15.1 Å². The molecule has 0 N–H and O–H groups in total. The second kappa shape index (κ2) is 4.16. The fourth-order valence-corrected chi connectivity index (χ4v) is 2.32. The highest BCUT2D eigenvalue weighted by Gasteiger charge is 2.28. The summed E-state index contributed by atoms with van der Waals surface area (Å²) >= 11 is 0. The number of pyridine rings is 1. The zero-order valence-corrected chi connectivity index (χ0v) is 10.4. The van der Waals surface area contributed by atoms with E-state index in [1.807, 2.05) is 18.3 Å². The van der Waals surface area contributed by atoms with Crippen molar-refractivity contribution in [2.45, 2.75) is 25.2 Å². The van der Waals surface area contributed by atoms with Crippen LogP contribution in [0, 0.1) is 0 Å². The Morgan fingerprint density at radius 2 is 2.05 bits per heavy atom. The molecule has 3 aromatic rings. The lowest BCUT2D eigenvalue weighted by Gasteiger charge is -2.02. The highest BCUT2D eigenvalue weighted by atomic mass is 16.5. The van der Waals surface area contributed by atoms with Gasteiger partial charge in [-0.3, -0.25) is 4.98 Å². The second-order valence-corrected chi connectivity index (χ2v) is 4.99. The molecular weight excluding hydrogens is 238 g/mol. The molecule has 0 aliphatic heterocycles. The number of rotatable bonds is 3. The fraction of sp³-hybridized carbons (Fsp3) is 0.267. The molecule has 19 heavy (non-hydrogen) atoms. The van der Waals surface area contributed by atoms with E-state index in [0.29, 0.717) is 18.2 Å². The maximum Gasteiger partial charge on any atom is 0.231 e. The van der Waals surface area contributed by atoms with Gasteiger partial charge >= 0.3 is 0 Å². The smallest absolute Gasteiger partial charge is 0.231 e. The van der Waals surface area contributed by atoms with E-state index in [-0.39, 0.29) is 0 Å². The van der Waals surface area contributed by atoms with E-state index in [9.17, 15) is 0 Å². The number of aromatic nitrogens is 3. The highest BCUT2D eigenvalue weighted by molar-refractivity contribution is 5.81. The van der Waals surface area contributed by atoms with Crippen LogP contribution in [-0.2, 0) is 6.42 Å². The molecule has 4 rings (SSSR count). The van der Waals surface area contributed by atoms with Gasteiger partial charge in [-0.25, -0.2) is 0 Å². The van der Waals surface area contributed by atoms with Crippen LogP contribution >= 0.6 is 0 Å². The van der Waals surface area contributed by atoms with E-state index in [1.165, 1.54) is 12.8 Å². The Labute approximate surface area is 110 Å². The summed E-state index contributed by atoms with van der Waals surface area (Å²) in [6.07, 6.45) is 4.84. The quantitative estimate of drug-likeness (QED) is 0.717. The van der Waals surface area contributed by atoms with Gasteiger partial charge in [0.05, 0.1) is 11.9 Å².